The molecule has 1 aromatic rings. The zero-order valence-electron chi connectivity index (χ0n) is 10.4. The first-order valence-electron chi connectivity index (χ1n) is 6.21. The van der Waals surface area contributed by atoms with Crippen molar-refractivity contribution in [3.63, 3.8) is 0 Å². The highest BCUT2D eigenvalue weighted by Gasteiger charge is 2.27. The molecule has 0 bridgehead atoms. The number of halogens is 3. The summed E-state index contributed by atoms with van der Waals surface area (Å²) in [4.78, 5) is 2.43. The molecule has 1 atom stereocenters. The van der Waals surface area contributed by atoms with Gasteiger partial charge in [-0.05, 0) is 36.6 Å². The Morgan fingerprint density at radius 2 is 2.21 bits per heavy atom. The second kappa shape index (κ2) is 6.47. The third-order valence-corrected chi connectivity index (χ3v) is 5.50. The summed E-state index contributed by atoms with van der Waals surface area (Å²) in [6.07, 6.45) is -3.24. The van der Waals surface area contributed by atoms with Crippen LogP contribution in [0.5, 0.6) is 0 Å². The molecule has 19 heavy (non-hydrogen) atoms. The molecular weight excluding hydrogens is 293 g/mol. The van der Waals surface area contributed by atoms with E-state index >= 15 is 0 Å². The number of alkyl halides is 3. The van der Waals surface area contributed by atoms with Gasteiger partial charge in [-0.15, -0.1) is 11.3 Å². The number of rotatable bonds is 5. The van der Waals surface area contributed by atoms with Crippen molar-refractivity contribution >= 4 is 23.1 Å². The van der Waals surface area contributed by atoms with Gasteiger partial charge in [-0.1, -0.05) is 0 Å². The number of nitrogens with one attached hydrogen (secondary N) is 1. The summed E-state index contributed by atoms with van der Waals surface area (Å²) in [5.41, 5.74) is 3.98. The Balaban J connectivity index is 1.95. The van der Waals surface area contributed by atoms with E-state index in [0.29, 0.717) is 6.42 Å². The molecule has 7 heteroatoms. The number of nitrogens with two attached hydrogens (primary N) is 1. The molecule has 0 radical (unpaired) electrons. The third-order valence-electron chi connectivity index (χ3n) is 3.14. The summed E-state index contributed by atoms with van der Waals surface area (Å²) >= 11 is 3.59. The molecule has 2 rings (SSSR count). The Kier molecular flexibility index (Phi) is 5.16. The number of thioether (sulfide) groups is 1. The Bertz CT molecular complexity index is 394. The average Bonchev–Trinajstić information content (AvgIpc) is 2.76. The largest absolute Gasteiger partial charge is 0.389 e. The van der Waals surface area contributed by atoms with Crippen LogP contribution in [-0.2, 0) is 12.2 Å². The Hall–Kier alpha value is -0.240. The first-order valence-corrected chi connectivity index (χ1v) is 8.19. The van der Waals surface area contributed by atoms with Gasteiger partial charge in [0, 0.05) is 21.9 Å². The second-order valence-electron chi connectivity index (χ2n) is 4.63. The van der Waals surface area contributed by atoms with Gasteiger partial charge < -0.3 is 0 Å². The van der Waals surface area contributed by atoms with Crippen molar-refractivity contribution in [2.75, 3.05) is 5.75 Å². The molecule has 0 aliphatic carbocycles. The van der Waals surface area contributed by atoms with Gasteiger partial charge >= 0.3 is 6.18 Å². The predicted molar refractivity (Wildman–Crippen MR) is 74.2 cm³/mol. The zero-order valence-corrected chi connectivity index (χ0v) is 12.1. The smallest absolute Gasteiger partial charge is 0.271 e. The normalized spacial score (nSPS) is 17.3. The molecule has 1 aliphatic rings. The highest BCUT2D eigenvalue weighted by atomic mass is 32.2. The van der Waals surface area contributed by atoms with Gasteiger partial charge in [0.15, 0.2) is 0 Å². The molecule has 0 amide bonds. The SMILES string of the molecule is NNC(CCCC(F)(F)F)c1cc2c(s1)CCSC2. The van der Waals surface area contributed by atoms with Gasteiger partial charge in [-0.25, -0.2) is 0 Å². The van der Waals surface area contributed by atoms with Crippen molar-refractivity contribution in [3.8, 4) is 0 Å². The number of aryl methyl sites for hydroxylation is 1. The van der Waals surface area contributed by atoms with E-state index in [-0.39, 0.29) is 12.5 Å². The molecule has 0 saturated carbocycles. The van der Waals surface area contributed by atoms with E-state index in [1.807, 2.05) is 11.8 Å². The molecule has 0 fully saturated rings. The molecule has 1 aromatic heterocycles. The van der Waals surface area contributed by atoms with E-state index in [1.54, 1.807) is 11.3 Å². The maximum absolute atomic E-state index is 12.1. The van der Waals surface area contributed by atoms with Gasteiger partial charge in [-0.2, -0.15) is 24.9 Å². The van der Waals surface area contributed by atoms with Gasteiger partial charge in [0.05, 0.1) is 6.04 Å². The van der Waals surface area contributed by atoms with Crippen molar-refractivity contribution in [1.82, 2.24) is 5.43 Å². The van der Waals surface area contributed by atoms with Crippen LogP contribution in [0.15, 0.2) is 6.07 Å². The molecule has 0 saturated heterocycles. The molecule has 2 heterocycles. The fourth-order valence-corrected chi connectivity index (χ4v) is 4.63. The number of thiophene rings is 1. The Morgan fingerprint density at radius 3 is 2.84 bits per heavy atom. The summed E-state index contributed by atoms with van der Waals surface area (Å²) in [6.45, 7) is 0. The Labute approximate surface area is 118 Å². The lowest BCUT2D eigenvalue weighted by atomic mass is 10.1. The first-order chi connectivity index (χ1) is 8.99. The van der Waals surface area contributed by atoms with E-state index in [9.17, 15) is 13.2 Å². The van der Waals surface area contributed by atoms with Crippen LogP contribution in [0.3, 0.4) is 0 Å². The summed E-state index contributed by atoms with van der Waals surface area (Å²) in [6, 6.07) is 1.94. The molecular formula is C12H17F3N2S2. The number of hydrazine groups is 1. The summed E-state index contributed by atoms with van der Waals surface area (Å²) in [5.74, 6) is 7.62. The van der Waals surface area contributed by atoms with Crippen LogP contribution in [0, 0.1) is 0 Å². The minimum atomic E-state index is -4.08. The van der Waals surface area contributed by atoms with Crippen molar-refractivity contribution in [2.45, 2.75) is 43.7 Å². The van der Waals surface area contributed by atoms with Crippen molar-refractivity contribution < 1.29 is 13.2 Å². The lowest BCUT2D eigenvalue weighted by molar-refractivity contribution is -0.135. The van der Waals surface area contributed by atoms with Crippen LogP contribution in [0.4, 0.5) is 13.2 Å². The highest BCUT2D eigenvalue weighted by Crippen LogP contribution is 2.36. The monoisotopic (exact) mass is 310 g/mol. The lowest BCUT2D eigenvalue weighted by Gasteiger charge is -2.14. The lowest BCUT2D eigenvalue weighted by Crippen LogP contribution is -2.27. The second-order valence-corrected chi connectivity index (χ2v) is 6.90. The zero-order chi connectivity index (χ0) is 13.9. The third kappa shape index (κ3) is 4.37. The van der Waals surface area contributed by atoms with Gasteiger partial charge in [-0.3, -0.25) is 11.3 Å². The summed E-state index contributed by atoms with van der Waals surface area (Å²) < 4.78 is 36.4. The minimum Gasteiger partial charge on any atom is -0.271 e. The Morgan fingerprint density at radius 1 is 1.42 bits per heavy atom. The maximum Gasteiger partial charge on any atom is 0.389 e. The van der Waals surface area contributed by atoms with Gasteiger partial charge in [0.2, 0.25) is 0 Å². The fraction of sp³-hybridized carbons (Fsp3) is 0.667. The van der Waals surface area contributed by atoms with Gasteiger partial charge in [0.1, 0.15) is 0 Å². The van der Waals surface area contributed by atoms with Crippen LogP contribution in [0.25, 0.3) is 0 Å². The molecule has 108 valence electrons. The average molecular weight is 310 g/mol. The minimum absolute atomic E-state index is 0.107. The number of hydrogen-bond donors (Lipinski definition) is 2. The molecule has 3 N–H and O–H groups in total. The van der Waals surface area contributed by atoms with Crippen molar-refractivity contribution in [1.29, 1.82) is 0 Å². The molecule has 0 spiro atoms. The summed E-state index contributed by atoms with van der Waals surface area (Å²) in [5, 5.41) is 0. The van der Waals surface area contributed by atoms with Crippen LogP contribution in [0.2, 0.25) is 0 Å². The van der Waals surface area contributed by atoms with E-state index in [2.05, 4.69) is 11.5 Å². The van der Waals surface area contributed by atoms with E-state index in [4.69, 9.17) is 5.84 Å². The molecule has 1 unspecified atom stereocenters. The maximum atomic E-state index is 12.1. The van der Waals surface area contributed by atoms with Crippen LogP contribution >= 0.6 is 23.1 Å². The number of fused-ring (bicyclic) bond motifs is 1. The van der Waals surface area contributed by atoms with Crippen molar-refractivity contribution in [3.05, 3.63) is 21.4 Å². The van der Waals surface area contributed by atoms with Crippen LogP contribution < -0.4 is 11.3 Å². The standard InChI is InChI=1S/C12H17F3N2S2/c13-12(14,15)4-1-2-9(17-16)11-6-8-7-18-5-3-10(8)19-11/h6,9,17H,1-5,7,16H2. The van der Waals surface area contributed by atoms with Crippen LogP contribution in [-0.4, -0.2) is 11.9 Å². The predicted octanol–water partition coefficient (Wildman–Crippen LogP) is 3.77. The quantitative estimate of drug-likeness (QED) is 0.642. The topological polar surface area (TPSA) is 38.0 Å². The molecule has 1 aliphatic heterocycles. The number of hydrogen-bond acceptors (Lipinski definition) is 4. The summed E-state index contributed by atoms with van der Waals surface area (Å²) in [7, 11) is 0. The van der Waals surface area contributed by atoms with E-state index in [0.717, 1.165) is 22.8 Å². The first kappa shape index (κ1) is 15.2. The fourth-order valence-electron chi connectivity index (χ4n) is 2.16. The van der Waals surface area contributed by atoms with E-state index in [1.165, 1.54) is 10.4 Å². The molecule has 2 nitrogen and oxygen atoms in total. The van der Waals surface area contributed by atoms with Gasteiger partial charge in [0.25, 0.3) is 0 Å². The van der Waals surface area contributed by atoms with E-state index < -0.39 is 12.6 Å². The van der Waals surface area contributed by atoms with Crippen LogP contribution in [0.1, 0.15) is 40.6 Å². The molecule has 0 aromatic carbocycles. The highest BCUT2D eigenvalue weighted by molar-refractivity contribution is 7.98. The van der Waals surface area contributed by atoms with Crippen molar-refractivity contribution in [2.24, 2.45) is 5.84 Å².